The van der Waals surface area contributed by atoms with Gasteiger partial charge in [0.1, 0.15) is 36.3 Å². The van der Waals surface area contributed by atoms with Gasteiger partial charge in [-0.15, -0.1) is 0 Å². The number of carboxylic acids is 1. The Bertz CT molecular complexity index is 1680. The highest BCUT2D eigenvalue weighted by Gasteiger charge is 2.35. The van der Waals surface area contributed by atoms with E-state index in [1.165, 1.54) is 6.92 Å². The van der Waals surface area contributed by atoms with E-state index in [0.717, 1.165) is 32.1 Å². The minimum absolute atomic E-state index is 0.0137. The average Bonchev–Trinajstić information content (AvgIpc) is 3.22. The molecule has 1 fully saturated rings. The Morgan fingerprint density at radius 2 is 1.17 bits per heavy atom. The highest BCUT2D eigenvalue weighted by Crippen LogP contribution is 2.27. The number of unbranched alkanes of at least 4 members (excludes halogenated alkanes) is 1. The summed E-state index contributed by atoms with van der Waals surface area (Å²) < 4.78 is 0. The summed E-state index contributed by atoms with van der Waals surface area (Å²) >= 11 is 0. The molecule has 20 heteroatoms. The van der Waals surface area contributed by atoms with Gasteiger partial charge >= 0.3 is 5.97 Å². The number of amides is 7. The van der Waals surface area contributed by atoms with E-state index in [0.29, 0.717) is 31.4 Å². The zero-order valence-electron chi connectivity index (χ0n) is 37.0. The third-order valence-electron chi connectivity index (χ3n) is 10.7. The lowest BCUT2D eigenvalue weighted by Gasteiger charge is -2.30. The van der Waals surface area contributed by atoms with Gasteiger partial charge in [0.05, 0.1) is 0 Å². The van der Waals surface area contributed by atoms with E-state index in [2.05, 4.69) is 36.9 Å². The maximum absolute atomic E-state index is 14.3. The van der Waals surface area contributed by atoms with Crippen molar-refractivity contribution in [2.75, 3.05) is 13.1 Å². The highest BCUT2D eigenvalue weighted by atomic mass is 16.4. The molecule has 0 spiro atoms. The summed E-state index contributed by atoms with van der Waals surface area (Å²) in [4.78, 5) is 110. The standard InChI is InChI=1S/C43H71N11O9/c1-26(2)23-33(40(60)54-35(42(62)63)25-29-15-8-5-9-16-29)52-38(58)31(17-10-11-21-44)50-41(61)34(24-28-13-6-4-7-14-28)53-39(59)32(19-20-36(45)56)51-37(57)30(49-27(3)55)18-12-22-48-43(46)47/h5,8-9,15-16,26,28,30-35H,4,6-7,10-14,17-25,44H2,1-3H3,(H2,45,56)(H,49,55)(H,50,61)(H,51,57)(H,52,58)(H,53,59)(H,54,60)(H,62,63)(H4,46,47,48)/t30-,31?,32-,33-,34-,35?/m0/s1. The van der Waals surface area contributed by atoms with Gasteiger partial charge in [0, 0.05) is 26.3 Å². The van der Waals surface area contributed by atoms with Crippen LogP contribution < -0.4 is 54.8 Å². The lowest BCUT2D eigenvalue weighted by atomic mass is 9.84. The molecule has 1 aromatic carbocycles. The first-order chi connectivity index (χ1) is 29.9. The van der Waals surface area contributed by atoms with Crippen molar-refractivity contribution in [3.63, 3.8) is 0 Å². The van der Waals surface area contributed by atoms with E-state index < -0.39 is 83.6 Å². The maximum Gasteiger partial charge on any atom is 0.326 e. The van der Waals surface area contributed by atoms with Crippen molar-refractivity contribution in [1.29, 1.82) is 0 Å². The van der Waals surface area contributed by atoms with E-state index >= 15 is 0 Å². The number of carbonyl (C=O) groups excluding carboxylic acids is 7. The Labute approximate surface area is 370 Å². The third kappa shape index (κ3) is 21.7. The van der Waals surface area contributed by atoms with Gasteiger partial charge < -0.3 is 59.9 Å². The molecule has 0 heterocycles. The molecule has 2 rings (SSSR count). The quantitative estimate of drug-likeness (QED) is 0.0281. The zero-order valence-corrected chi connectivity index (χ0v) is 37.0. The lowest BCUT2D eigenvalue weighted by Crippen LogP contribution is -2.60. The second kappa shape index (κ2) is 28.7. The number of hydrogen-bond donors (Lipinski definition) is 11. The second-order valence-electron chi connectivity index (χ2n) is 16.7. The molecule has 1 aromatic rings. The van der Waals surface area contributed by atoms with Crippen molar-refractivity contribution < 1.29 is 43.5 Å². The third-order valence-corrected chi connectivity index (χ3v) is 10.7. The lowest BCUT2D eigenvalue weighted by molar-refractivity contribution is -0.142. The van der Waals surface area contributed by atoms with E-state index in [1.54, 1.807) is 30.3 Å². The Morgan fingerprint density at radius 1 is 0.667 bits per heavy atom. The van der Waals surface area contributed by atoms with Gasteiger partial charge in [-0.05, 0) is 75.3 Å². The summed E-state index contributed by atoms with van der Waals surface area (Å²) in [5, 5.41) is 26.0. The Balaban J connectivity index is 2.39. The van der Waals surface area contributed by atoms with Crippen LogP contribution in [-0.4, -0.2) is 108 Å². The second-order valence-corrected chi connectivity index (χ2v) is 16.7. The fraction of sp³-hybridized carbons (Fsp3) is 0.651. The first-order valence-electron chi connectivity index (χ1n) is 22.0. The molecule has 63 heavy (non-hydrogen) atoms. The number of nitrogens with one attached hydrogen (secondary N) is 6. The molecule has 20 nitrogen and oxygen atoms in total. The van der Waals surface area contributed by atoms with E-state index in [-0.39, 0.29) is 69.3 Å². The molecular weight excluding hydrogens is 815 g/mol. The average molecular weight is 886 g/mol. The zero-order chi connectivity index (χ0) is 46.9. The van der Waals surface area contributed by atoms with Crippen LogP contribution in [0.3, 0.4) is 0 Å². The molecular formula is C43H71N11O9. The van der Waals surface area contributed by atoms with Crippen molar-refractivity contribution >= 4 is 53.3 Å². The highest BCUT2D eigenvalue weighted by molar-refractivity contribution is 5.97. The maximum atomic E-state index is 14.3. The molecule has 6 atom stereocenters. The molecule has 15 N–H and O–H groups in total. The molecule has 0 bridgehead atoms. The number of aliphatic imine (C=N–C) groups is 1. The van der Waals surface area contributed by atoms with Crippen LogP contribution in [0.5, 0.6) is 0 Å². The molecule has 0 radical (unpaired) electrons. The largest absolute Gasteiger partial charge is 0.480 e. The van der Waals surface area contributed by atoms with Crippen LogP contribution in [0.1, 0.15) is 116 Å². The minimum Gasteiger partial charge on any atom is -0.480 e. The fourth-order valence-electron chi connectivity index (χ4n) is 7.44. The number of aliphatic carboxylic acids is 1. The minimum atomic E-state index is -1.35. The number of carboxylic acid groups (broad SMARTS) is 1. The summed E-state index contributed by atoms with van der Waals surface area (Å²) in [6, 6.07) is 1.57. The number of benzene rings is 1. The number of hydrogen-bond acceptors (Lipinski definition) is 10. The van der Waals surface area contributed by atoms with Gasteiger partial charge in [-0.3, -0.25) is 38.6 Å². The molecule has 352 valence electrons. The van der Waals surface area contributed by atoms with Gasteiger partial charge in [0.25, 0.3) is 0 Å². The van der Waals surface area contributed by atoms with E-state index in [4.69, 9.17) is 22.9 Å². The van der Waals surface area contributed by atoms with Gasteiger partial charge in [-0.2, -0.15) is 0 Å². The Kier molecular flexibility index (Phi) is 24.3. The topological polar surface area (TPSA) is 345 Å². The molecule has 0 aliphatic heterocycles. The van der Waals surface area contributed by atoms with Crippen molar-refractivity contribution in [3.8, 4) is 0 Å². The first kappa shape index (κ1) is 53.3. The molecule has 2 unspecified atom stereocenters. The van der Waals surface area contributed by atoms with Gasteiger partial charge in [0.15, 0.2) is 5.96 Å². The first-order valence-corrected chi connectivity index (χ1v) is 22.0. The predicted octanol–water partition coefficient (Wildman–Crippen LogP) is -0.293. The Morgan fingerprint density at radius 3 is 1.71 bits per heavy atom. The summed E-state index contributed by atoms with van der Waals surface area (Å²) in [6.45, 7) is 5.41. The van der Waals surface area contributed by atoms with Gasteiger partial charge in [-0.1, -0.05) is 76.3 Å². The predicted molar refractivity (Wildman–Crippen MR) is 237 cm³/mol. The van der Waals surface area contributed by atoms with Crippen LogP contribution in [0.2, 0.25) is 0 Å². The van der Waals surface area contributed by atoms with Gasteiger partial charge in [0.2, 0.25) is 41.4 Å². The molecule has 1 saturated carbocycles. The summed E-state index contributed by atoms with van der Waals surface area (Å²) in [6.07, 6.45) is 5.84. The Hall–Kier alpha value is -5.79. The summed E-state index contributed by atoms with van der Waals surface area (Å²) in [5.74, 6) is -6.26. The summed E-state index contributed by atoms with van der Waals surface area (Å²) in [5.41, 5.74) is 22.7. The van der Waals surface area contributed by atoms with Crippen LogP contribution in [-0.2, 0) is 44.8 Å². The van der Waals surface area contributed by atoms with Crippen LogP contribution >= 0.6 is 0 Å². The number of carbonyl (C=O) groups is 8. The molecule has 7 amide bonds. The van der Waals surface area contributed by atoms with Crippen LogP contribution in [0.15, 0.2) is 35.3 Å². The number of guanidine groups is 1. The van der Waals surface area contributed by atoms with Crippen LogP contribution in [0.25, 0.3) is 0 Å². The smallest absolute Gasteiger partial charge is 0.326 e. The fourth-order valence-corrected chi connectivity index (χ4v) is 7.44. The van der Waals surface area contributed by atoms with Crippen molar-refractivity contribution in [3.05, 3.63) is 35.9 Å². The van der Waals surface area contributed by atoms with Crippen molar-refractivity contribution in [2.24, 2.45) is 39.8 Å². The molecule has 1 aliphatic carbocycles. The van der Waals surface area contributed by atoms with Crippen LogP contribution in [0, 0.1) is 11.8 Å². The number of primary amides is 1. The molecule has 0 aromatic heterocycles. The van der Waals surface area contributed by atoms with Gasteiger partial charge in [-0.25, -0.2) is 4.79 Å². The van der Waals surface area contributed by atoms with Crippen molar-refractivity contribution in [1.82, 2.24) is 31.9 Å². The monoisotopic (exact) mass is 886 g/mol. The molecule has 0 saturated heterocycles. The van der Waals surface area contributed by atoms with E-state index in [1.807, 2.05) is 13.8 Å². The SMILES string of the molecule is CC(=O)N[C@@H](CCCN=C(N)N)C(=O)N[C@@H](CCC(N)=O)C(=O)N[C@@H](CC1CCCCC1)C(=O)NC(CCCCN)C(=O)N[C@@H](CC(C)C)C(=O)NC(Cc1ccccc1)C(=O)O. The number of nitrogens with two attached hydrogens (primary N) is 4. The van der Waals surface area contributed by atoms with E-state index in [9.17, 15) is 43.5 Å². The van der Waals surface area contributed by atoms with Crippen molar-refractivity contribution in [2.45, 2.75) is 153 Å². The number of rotatable bonds is 29. The normalized spacial score (nSPS) is 15.6. The molecule has 1 aliphatic rings. The number of nitrogens with zero attached hydrogens (tertiary/aromatic N) is 1. The summed E-state index contributed by atoms with van der Waals surface area (Å²) in [7, 11) is 0. The van der Waals surface area contributed by atoms with Crippen LogP contribution in [0.4, 0.5) is 0 Å².